The Morgan fingerprint density at radius 1 is 1.48 bits per heavy atom. The van der Waals surface area contributed by atoms with Gasteiger partial charge >= 0.3 is 0 Å². The van der Waals surface area contributed by atoms with Gasteiger partial charge in [0.15, 0.2) is 0 Å². The van der Waals surface area contributed by atoms with Crippen molar-refractivity contribution < 1.29 is 9.53 Å². The van der Waals surface area contributed by atoms with Gasteiger partial charge in [-0.25, -0.2) is 4.98 Å². The summed E-state index contributed by atoms with van der Waals surface area (Å²) in [6.45, 7) is 3.33. The van der Waals surface area contributed by atoms with Crippen LogP contribution in [-0.2, 0) is 4.74 Å². The van der Waals surface area contributed by atoms with Crippen molar-refractivity contribution >= 4 is 11.6 Å². The van der Waals surface area contributed by atoms with E-state index in [-0.39, 0.29) is 29.2 Å². The standard InChI is InChI=1S/C18H24N4O3/c1-12-5-6-22-16(7-12)19-9-15(18(22)24)17(23)21(3)10-13-8-14(25-4)11-20(13)2/h5-7,9,13-14H,8,10-11H2,1-4H3/t13-,14-/m0/s1. The Bertz CT molecular complexity index is 848. The number of carbonyl (C=O) groups excluding carboxylic acids is 1. The number of fused-ring (bicyclic) bond motifs is 1. The molecule has 134 valence electrons. The lowest BCUT2D eigenvalue weighted by Gasteiger charge is -2.25. The predicted molar refractivity (Wildman–Crippen MR) is 95.0 cm³/mol. The molecule has 7 heteroatoms. The summed E-state index contributed by atoms with van der Waals surface area (Å²) in [4.78, 5) is 33.4. The van der Waals surface area contributed by atoms with Crippen LogP contribution in [-0.4, -0.2) is 71.5 Å². The smallest absolute Gasteiger partial charge is 0.270 e. The van der Waals surface area contributed by atoms with Crippen molar-refractivity contribution in [2.75, 3.05) is 34.3 Å². The maximum absolute atomic E-state index is 12.7. The number of aromatic nitrogens is 2. The van der Waals surface area contributed by atoms with Crippen molar-refractivity contribution in [1.29, 1.82) is 0 Å². The highest BCUT2D eigenvalue weighted by Gasteiger charge is 2.31. The van der Waals surface area contributed by atoms with Crippen LogP contribution in [0, 0.1) is 6.92 Å². The van der Waals surface area contributed by atoms with Gasteiger partial charge < -0.3 is 9.64 Å². The molecule has 3 rings (SSSR count). The summed E-state index contributed by atoms with van der Waals surface area (Å²) in [5, 5.41) is 0. The van der Waals surface area contributed by atoms with Gasteiger partial charge in [0.05, 0.1) is 6.10 Å². The molecule has 3 heterocycles. The molecule has 7 nitrogen and oxygen atoms in total. The first-order valence-corrected chi connectivity index (χ1v) is 8.37. The third-order valence-corrected chi connectivity index (χ3v) is 4.91. The molecule has 0 radical (unpaired) electrons. The van der Waals surface area contributed by atoms with Crippen molar-refractivity contribution in [3.63, 3.8) is 0 Å². The molecule has 0 unspecified atom stereocenters. The first-order valence-electron chi connectivity index (χ1n) is 8.37. The van der Waals surface area contributed by atoms with Crippen molar-refractivity contribution in [3.05, 3.63) is 46.0 Å². The van der Waals surface area contributed by atoms with E-state index in [2.05, 4.69) is 9.88 Å². The number of pyridine rings is 1. The van der Waals surface area contributed by atoms with E-state index in [0.717, 1.165) is 18.5 Å². The highest BCUT2D eigenvalue weighted by molar-refractivity contribution is 5.93. The number of rotatable bonds is 4. The van der Waals surface area contributed by atoms with E-state index in [1.807, 2.05) is 26.1 Å². The zero-order valence-corrected chi connectivity index (χ0v) is 15.1. The van der Waals surface area contributed by atoms with E-state index in [9.17, 15) is 9.59 Å². The van der Waals surface area contributed by atoms with Crippen LogP contribution < -0.4 is 5.56 Å². The molecule has 1 aliphatic rings. The molecule has 2 aromatic heterocycles. The fourth-order valence-corrected chi connectivity index (χ4v) is 3.34. The van der Waals surface area contributed by atoms with Gasteiger partial charge in [-0.2, -0.15) is 0 Å². The summed E-state index contributed by atoms with van der Waals surface area (Å²) in [5.74, 6) is -0.304. The normalized spacial score (nSPS) is 21.0. The molecule has 1 saturated heterocycles. The van der Waals surface area contributed by atoms with Gasteiger partial charge in [0, 0.05) is 45.7 Å². The van der Waals surface area contributed by atoms with E-state index in [4.69, 9.17) is 4.74 Å². The number of aryl methyl sites for hydroxylation is 1. The lowest BCUT2D eigenvalue weighted by Crippen LogP contribution is -2.41. The fourth-order valence-electron chi connectivity index (χ4n) is 3.34. The van der Waals surface area contributed by atoms with Gasteiger partial charge in [-0.3, -0.25) is 18.9 Å². The highest BCUT2D eigenvalue weighted by Crippen LogP contribution is 2.19. The molecule has 2 aromatic rings. The third kappa shape index (κ3) is 3.43. The molecular formula is C18H24N4O3. The average molecular weight is 344 g/mol. The molecule has 0 aliphatic carbocycles. The van der Waals surface area contributed by atoms with Crippen LogP contribution in [0.3, 0.4) is 0 Å². The van der Waals surface area contributed by atoms with Gasteiger partial charge in [-0.05, 0) is 38.1 Å². The minimum absolute atomic E-state index is 0.0906. The van der Waals surface area contributed by atoms with Gasteiger partial charge in [-0.1, -0.05) is 0 Å². The Labute approximate surface area is 146 Å². The number of likely N-dealkylation sites (N-methyl/N-ethyl adjacent to an activating group) is 2. The monoisotopic (exact) mass is 344 g/mol. The Hall–Kier alpha value is -2.25. The van der Waals surface area contributed by atoms with E-state index < -0.39 is 0 Å². The maximum Gasteiger partial charge on any atom is 0.270 e. The number of carbonyl (C=O) groups is 1. The summed E-state index contributed by atoms with van der Waals surface area (Å²) in [6.07, 6.45) is 4.10. The first kappa shape index (κ1) is 17.6. The summed E-state index contributed by atoms with van der Waals surface area (Å²) >= 11 is 0. The average Bonchev–Trinajstić information content (AvgIpc) is 2.94. The SMILES string of the molecule is CO[C@H]1C[C@@H](CN(C)C(=O)c2cnc3cc(C)ccn3c2=O)N(C)C1. The lowest BCUT2D eigenvalue weighted by molar-refractivity contribution is 0.0758. The molecular weight excluding hydrogens is 320 g/mol. The van der Waals surface area contributed by atoms with Gasteiger partial charge in [0.25, 0.3) is 11.5 Å². The number of amides is 1. The van der Waals surface area contributed by atoms with Gasteiger partial charge in [-0.15, -0.1) is 0 Å². The van der Waals surface area contributed by atoms with E-state index in [1.54, 1.807) is 25.3 Å². The number of ether oxygens (including phenoxy) is 1. The molecule has 2 atom stereocenters. The molecule has 1 aliphatic heterocycles. The van der Waals surface area contributed by atoms with Crippen LogP contribution in [0.25, 0.3) is 5.65 Å². The van der Waals surface area contributed by atoms with Crippen LogP contribution in [0.15, 0.2) is 29.3 Å². The zero-order chi connectivity index (χ0) is 18.1. The van der Waals surface area contributed by atoms with Crippen LogP contribution in [0.1, 0.15) is 22.3 Å². The van der Waals surface area contributed by atoms with Crippen molar-refractivity contribution in [1.82, 2.24) is 19.2 Å². The first-order chi connectivity index (χ1) is 11.9. The van der Waals surface area contributed by atoms with Crippen molar-refractivity contribution in [2.45, 2.75) is 25.5 Å². The second-order valence-corrected chi connectivity index (χ2v) is 6.78. The topological polar surface area (TPSA) is 67.2 Å². The molecule has 25 heavy (non-hydrogen) atoms. The highest BCUT2D eigenvalue weighted by atomic mass is 16.5. The summed E-state index contributed by atoms with van der Waals surface area (Å²) in [7, 11) is 5.45. The van der Waals surface area contributed by atoms with E-state index in [0.29, 0.717) is 12.2 Å². The van der Waals surface area contributed by atoms with Crippen LogP contribution in [0.4, 0.5) is 0 Å². The number of methoxy groups -OCH3 is 1. The van der Waals surface area contributed by atoms with Crippen LogP contribution >= 0.6 is 0 Å². The third-order valence-electron chi connectivity index (χ3n) is 4.91. The second-order valence-electron chi connectivity index (χ2n) is 6.78. The summed E-state index contributed by atoms with van der Waals surface area (Å²) in [5.41, 5.74) is 1.31. The molecule has 0 aromatic carbocycles. The Kier molecular flexibility index (Phi) is 4.87. The molecule has 1 fully saturated rings. The largest absolute Gasteiger partial charge is 0.380 e. The quantitative estimate of drug-likeness (QED) is 0.820. The van der Waals surface area contributed by atoms with Crippen molar-refractivity contribution in [3.8, 4) is 0 Å². The molecule has 0 N–H and O–H groups in total. The number of likely N-dealkylation sites (tertiary alicyclic amines) is 1. The molecule has 0 spiro atoms. The maximum atomic E-state index is 12.7. The summed E-state index contributed by atoms with van der Waals surface area (Å²) in [6, 6.07) is 3.86. The minimum Gasteiger partial charge on any atom is -0.380 e. The Morgan fingerprint density at radius 3 is 2.92 bits per heavy atom. The fraction of sp³-hybridized carbons (Fsp3) is 0.500. The van der Waals surface area contributed by atoms with Crippen LogP contribution in [0.5, 0.6) is 0 Å². The summed E-state index contributed by atoms with van der Waals surface area (Å²) < 4.78 is 6.82. The van der Waals surface area contributed by atoms with E-state index in [1.165, 1.54) is 10.6 Å². The number of nitrogens with zero attached hydrogens (tertiary/aromatic N) is 4. The Morgan fingerprint density at radius 2 is 2.24 bits per heavy atom. The lowest BCUT2D eigenvalue weighted by atomic mass is 10.1. The van der Waals surface area contributed by atoms with E-state index >= 15 is 0 Å². The van der Waals surface area contributed by atoms with Gasteiger partial charge in [0.1, 0.15) is 11.2 Å². The van der Waals surface area contributed by atoms with Crippen molar-refractivity contribution in [2.24, 2.45) is 0 Å². The Balaban J connectivity index is 1.81. The number of hydrogen-bond acceptors (Lipinski definition) is 5. The zero-order valence-electron chi connectivity index (χ0n) is 15.1. The van der Waals surface area contributed by atoms with Crippen LogP contribution in [0.2, 0.25) is 0 Å². The molecule has 0 saturated carbocycles. The minimum atomic E-state index is -0.337. The predicted octanol–water partition coefficient (Wildman–Crippen LogP) is 0.794. The second kappa shape index (κ2) is 6.93. The number of hydrogen-bond donors (Lipinski definition) is 0. The van der Waals surface area contributed by atoms with Gasteiger partial charge in [0.2, 0.25) is 0 Å². The molecule has 0 bridgehead atoms. The molecule has 1 amide bonds.